The zero-order valence-corrected chi connectivity index (χ0v) is 11.4. The van der Waals surface area contributed by atoms with Crippen LogP contribution in [0.25, 0.3) is 0 Å². The third kappa shape index (κ3) is 4.32. The van der Waals surface area contributed by atoms with Crippen molar-refractivity contribution in [1.29, 1.82) is 0 Å². The molecule has 0 aromatic carbocycles. The van der Waals surface area contributed by atoms with Crippen LogP contribution in [-0.2, 0) is 16.1 Å². The van der Waals surface area contributed by atoms with E-state index in [1.807, 2.05) is 0 Å². The Morgan fingerprint density at radius 1 is 1.68 bits per heavy atom. The fourth-order valence-corrected chi connectivity index (χ4v) is 2.48. The average Bonchev–Trinajstić information content (AvgIpc) is 3.06. The molecule has 1 aliphatic rings. The lowest BCUT2D eigenvalue weighted by molar-refractivity contribution is -0.118. The number of amides is 1. The monoisotopic (exact) mass is 283 g/mol. The van der Waals surface area contributed by atoms with Gasteiger partial charge in [-0.25, -0.2) is 4.68 Å². The van der Waals surface area contributed by atoms with Crippen LogP contribution in [0.5, 0.6) is 0 Å². The van der Waals surface area contributed by atoms with Crippen LogP contribution in [0.1, 0.15) is 12.8 Å². The third-order valence-corrected chi connectivity index (χ3v) is 3.63. The van der Waals surface area contributed by atoms with Gasteiger partial charge in [0, 0.05) is 13.2 Å². The molecule has 0 saturated carbocycles. The third-order valence-electron chi connectivity index (χ3n) is 2.68. The molecule has 1 aromatic rings. The molecule has 0 bridgehead atoms. The molecule has 104 valence electrons. The number of tetrazole rings is 1. The van der Waals surface area contributed by atoms with E-state index in [-0.39, 0.29) is 12.0 Å². The maximum absolute atomic E-state index is 11.5. The van der Waals surface area contributed by atoms with Crippen LogP contribution in [0.15, 0.2) is 17.8 Å². The smallest absolute Gasteiger partial charge is 0.230 e. The standard InChI is InChI=1S/C11H17N5O2S/c1-2-5-12-10(17)8-19-11-13-14-15-16(11)7-9-4-3-6-18-9/h2,9H,1,3-8H2,(H,12,17). The molecule has 2 rings (SSSR count). The lowest BCUT2D eigenvalue weighted by Crippen LogP contribution is -2.25. The predicted molar refractivity (Wildman–Crippen MR) is 70.7 cm³/mol. The number of thioether (sulfide) groups is 1. The van der Waals surface area contributed by atoms with Crippen LogP contribution in [0.4, 0.5) is 0 Å². The SMILES string of the molecule is C=CCNC(=O)CSc1nnnn1CC1CCCO1. The molecule has 7 nitrogen and oxygen atoms in total. The molecule has 0 radical (unpaired) electrons. The van der Waals surface area contributed by atoms with E-state index in [9.17, 15) is 4.79 Å². The molecule has 0 spiro atoms. The van der Waals surface area contributed by atoms with Crippen LogP contribution >= 0.6 is 11.8 Å². The van der Waals surface area contributed by atoms with E-state index >= 15 is 0 Å². The van der Waals surface area contributed by atoms with Gasteiger partial charge in [0.25, 0.3) is 0 Å². The van der Waals surface area contributed by atoms with Gasteiger partial charge in [-0.15, -0.1) is 11.7 Å². The zero-order valence-electron chi connectivity index (χ0n) is 10.6. The van der Waals surface area contributed by atoms with Crippen molar-refractivity contribution in [1.82, 2.24) is 25.5 Å². The number of nitrogens with one attached hydrogen (secondary N) is 1. The summed E-state index contributed by atoms with van der Waals surface area (Å²) in [6.45, 7) is 5.46. The molecule has 1 atom stereocenters. The second-order valence-electron chi connectivity index (χ2n) is 4.16. The van der Waals surface area contributed by atoms with Gasteiger partial charge in [0.15, 0.2) is 0 Å². The topological polar surface area (TPSA) is 81.9 Å². The van der Waals surface area contributed by atoms with Crippen LogP contribution in [0.2, 0.25) is 0 Å². The van der Waals surface area contributed by atoms with Crippen molar-refractivity contribution in [3.05, 3.63) is 12.7 Å². The highest BCUT2D eigenvalue weighted by atomic mass is 32.2. The molecule has 2 heterocycles. The Labute approximate surface area is 115 Å². The summed E-state index contributed by atoms with van der Waals surface area (Å²) in [6, 6.07) is 0. The summed E-state index contributed by atoms with van der Waals surface area (Å²) in [4.78, 5) is 11.5. The molecule has 1 aromatic heterocycles. The summed E-state index contributed by atoms with van der Waals surface area (Å²) in [5.74, 6) is 0.233. The molecule has 1 saturated heterocycles. The summed E-state index contributed by atoms with van der Waals surface area (Å²) < 4.78 is 7.24. The van der Waals surface area contributed by atoms with E-state index in [2.05, 4.69) is 27.4 Å². The van der Waals surface area contributed by atoms with E-state index in [4.69, 9.17) is 4.74 Å². The summed E-state index contributed by atoms with van der Waals surface area (Å²) >= 11 is 1.32. The van der Waals surface area contributed by atoms with Crippen molar-refractivity contribution in [2.24, 2.45) is 0 Å². The van der Waals surface area contributed by atoms with Gasteiger partial charge in [0.1, 0.15) is 0 Å². The van der Waals surface area contributed by atoms with Crippen molar-refractivity contribution in [2.75, 3.05) is 18.9 Å². The Morgan fingerprint density at radius 3 is 3.32 bits per heavy atom. The highest BCUT2D eigenvalue weighted by Gasteiger charge is 2.19. The molecule has 1 N–H and O–H groups in total. The Kier molecular flexibility index (Phi) is 5.34. The molecule has 1 fully saturated rings. The van der Waals surface area contributed by atoms with Gasteiger partial charge >= 0.3 is 0 Å². The number of hydrogen-bond donors (Lipinski definition) is 1. The second kappa shape index (κ2) is 7.25. The molecule has 8 heteroatoms. The zero-order chi connectivity index (χ0) is 13.5. The van der Waals surface area contributed by atoms with Gasteiger partial charge in [-0.1, -0.05) is 17.8 Å². The highest BCUT2D eigenvalue weighted by Crippen LogP contribution is 2.18. The van der Waals surface area contributed by atoms with Gasteiger partial charge in [-0.2, -0.15) is 0 Å². The van der Waals surface area contributed by atoms with Crippen LogP contribution in [0, 0.1) is 0 Å². The van der Waals surface area contributed by atoms with Gasteiger partial charge < -0.3 is 10.1 Å². The summed E-state index contributed by atoms with van der Waals surface area (Å²) in [5, 5.41) is 14.8. The minimum atomic E-state index is -0.0587. The summed E-state index contributed by atoms with van der Waals surface area (Å²) in [5.41, 5.74) is 0. The Hall–Kier alpha value is -1.41. The highest BCUT2D eigenvalue weighted by molar-refractivity contribution is 7.99. The van der Waals surface area contributed by atoms with Crippen molar-refractivity contribution in [3.8, 4) is 0 Å². The van der Waals surface area contributed by atoms with Gasteiger partial charge in [-0.3, -0.25) is 4.79 Å². The van der Waals surface area contributed by atoms with E-state index in [0.29, 0.717) is 24.0 Å². The maximum Gasteiger partial charge on any atom is 0.230 e. The molecular formula is C11H17N5O2S. The molecule has 0 aliphatic carbocycles. The van der Waals surface area contributed by atoms with Gasteiger partial charge in [-0.05, 0) is 23.3 Å². The Morgan fingerprint density at radius 2 is 2.58 bits per heavy atom. The van der Waals surface area contributed by atoms with Crippen molar-refractivity contribution in [3.63, 3.8) is 0 Å². The fourth-order valence-electron chi connectivity index (χ4n) is 1.76. The normalized spacial score (nSPS) is 18.4. The van der Waals surface area contributed by atoms with Crippen LogP contribution in [-0.4, -0.2) is 51.1 Å². The minimum Gasteiger partial charge on any atom is -0.376 e. The minimum absolute atomic E-state index is 0.0587. The van der Waals surface area contributed by atoms with Crippen molar-refractivity contribution < 1.29 is 9.53 Å². The maximum atomic E-state index is 11.5. The number of hydrogen-bond acceptors (Lipinski definition) is 6. The van der Waals surface area contributed by atoms with Crippen LogP contribution in [0.3, 0.4) is 0 Å². The first kappa shape index (κ1) is 14.0. The Bertz CT molecular complexity index is 430. The number of carbonyl (C=O) groups is 1. The average molecular weight is 283 g/mol. The Balaban J connectivity index is 1.81. The number of carbonyl (C=O) groups excluding carboxylic acids is 1. The van der Waals surface area contributed by atoms with Gasteiger partial charge in [0.2, 0.25) is 11.1 Å². The predicted octanol–water partition coefficient (Wildman–Crippen LogP) is 0.246. The van der Waals surface area contributed by atoms with Crippen molar-refractivity contribution >= 4 is 17.7 Å². The molecular weight excluding hydrogens is 266 g/mol. The fraction of sp³-hybridized carbons (Fsp3) is 0.636. The number of ether oxygens (including phenoxy) is 1. The van der Waals surface area contributed by atoms with Crippen LogP contribution < -0.4 is 5.32 Å². The lowest BCUT2D eigenvalue weighted by Gasteiger charge is -2.09. The first-order chi connectivity index (χ1) is 9.29. The van der Waals surface area contributed by atoms with E-state index in [1.165, 1.54) is 11.8 Å². The van der Waals surface area contributed by atoms with E-state index in [0.717, 1.165) is 19.4 Å². The molecule has 1 aliphatic heterocycles. The van der Waals surface area contributed by atoms with Gasteiger partial charge in [0.05, 0.1) is 18.4 Å². The van der Waals surface area contributed by atoms with E-state index < -0.39 is 0 Å². The second-order valence-corrected chi connectivity index (χ2v) is 5.10. The summed E-state index contributed by atoms with van der Waals surface area (Å²) in [7, 11) is 0. The first-order valence-corrected chi connectivity index (χ1v) is 7.16. The molecule has 1 amide bonds. The lowest BCUT2D eigenvalue weighted by atomic mass is 10.2. The first-order valence-electron chi connectivity index (χ1n) is 6.17. The number of nitrogens with zero attached hydrogens (tertiary/aromatic N) is 4. The molecule has 19 heavy (non-hydrogen) atoms. The van der Waals surface area contributed by atoms with E-state index in [1.54, 1.807) is 10.8 Å². The largest absolute Gasteiger partial charge is 0.376 e. The number of rotatable bonds is 7. The molecule has 1 unspecified atom stereocenters. The van der Waals surface area contributed by atoms with Crippen molar-refractivity contribution in [2.45, 2.75) is 30.6 Å². The quantitative estimate of drug-likeness (QED) is 0.570. The number of aromatic nitrogens is 4. The summed E-state index contributed by atoms with van der Waals surface area (Å²) in [6.07, 6.45) is 3.94.